The lowest BCUT2D eigenvalue weighted by atomic mass is 10.1. The Hall–Kier alpha value is -0.940. The van der Waals surface area contributed by atoms with E-state index in [0.717, 1.165) is 13.1 Å². The van der Waals surface area contributed by atoms with E-state index in [1.54, 1.807) is 0 Å². The predicted molar refractivity (Wildman–Crippen MR) is 121 cm³/mol. The Balaban J connectivity index is 0.00000676. The van der Waals surface area contributed by atoms with Crippen LogP contribution in [0.4, 0.5) is 4.39 Å². The van der Waals surface area contributed by atoms with Gasteiger partial charge in [0.25, 0.3) is 0 Å². The Labute approximate surface area is 180 Å². The number of nitrogens with zero attached hydrogens (tertiary/aromatic N) is 2. The van der Waals surface area contributed by atoms with Crippen LogP contribution in [-0.4, -0.2) is 58.3 Å². The van der Waals surface area contributed by atoms with Crippen molar-refractivity contribution in [1.82, 2.24) is 15.5 Å². The zero-order valence-electron chi connectivity index (χ0n) is 16.8. The summed E-state index contributed by atoms with van der Waals surface area (Å²) in [5.41, 5.74) is 1.15. The molecule has 0 aliphatic heterocycles. The van der Waals surface area contributed by atoms with Crippen molar-refractivity contribution in [3.05, 3.63) is 35.1 Å². The first-order chi connectivity index (χ1) is 12.1. The number of halogens is 2. The predicted octanol–water partition coefficient (Wildman–Crippen LogP) is 2.38. The first-order valence-electron chi connectivity index (χ1n) is 8.79. The van der Waals surface area contributed by atoms with Gasteiger partial charge in [-0.15, -0.1) is 24.0 Å². The van der Waals surface area contributed by atoms with Gasteiger partial charge in [-0.05, 0) is 51.1 Å². The SMILES string of the molecule is CCNC(=NCc1cc(F)ccc1CS(C)(=O)=O)NCCN(C)C(C)C.I. The van der Waals surface area contributed by atoms with Crippen LogP contribution >= 0.6 is 24.0 Å². The van der Waals surface area contributed by atoms with Gasteiger partial charge in [-0.3, -0.25) is 0 Å². The minimum absolute atomic E-state index is 0. The minimum atomic E-state index is -3.20. The average molecular weight is 514 g/mol. The lowest BCUT2D eigenvalue weighted by molar-refractivity contribution is 0.278. The van der Waals surface area contributed by atoms with Crippen LogP contribution in [0.25, 0.3) is 0 Å². The largest absolute Gasteiger partial charge is 0.357 e. The van der Waals surface area contributed by atoms with Crippen molar-refractivity contribution in [2.24, 2.45) is 4.99 Å². The number of hydrogen-bond donors (Lipinski definition) is 2. The lowest BCUT2D eigenvalue weighted by Crippen LogP contribution is -2.42. The van der Waals surface area contributed by atoms with Crippen molar-refractivity contribution in [3.8, 4) is 0 Å². The number of benzene rings is 1. The van der Waals surface area contributed by atoms with Crippen LogP contribution in [0, 0.1) is 5.82 Å². The van der Waals surface area contributed by atoms with Crippen LogP contribution in [-0.2, 0) is 22.1 Å². The zero-order chi connectivity index (χ0) is 19.7. The van der Waals surface area contributed by atoms with Crippen molar-refractivity contribution in [1.29, 1.82) is 0 Å². The molecule has 2 N–H and O–H groups in total. The maximum atomic E-state index is 13.6. The molecule has 0 heterocycles. The van der Waals surface area contributed by atoms with Gasteiger partial charge in [0, 0.05) is 31.9 Å². The summed E-state index contributed by atoms with van der Waals surface area (Å²) in [5, 5.41) is 6.39. The highest BCUT2D eigenvalue weighted by molar-refractivity contribution is 14.0. The Morgan fingerprint density at radius 3 is 2.48 bits per heavy atom. The molecule has 0 amide bonds. The summed E-state index contributed by atoms with van der Waals surface area (Å²) >= 11 is 0. The van der Waals surface area contributed by atoms with E-state index in [1.165, 1.54) is 24.5 Å². The van der Waals surface area contributed by atoms with Gasteiger partial charge in [0.1, 0.15) is 5.82 Å². The second-order valence-corrected chi connectivity index (χ2v) is 8.82. The molecule has 0 saturated heterocycles. The van der Waals surface area contributed by atoms with E-state index in [9.17, 15) is 12.8 Å². The van der Waals surface area contributed by atoms with E-state index < -0.39 is 15.7 Å². The van der Waals surface area contributed by atoms with Crippen LogP contribution in [0.5, 0.6) is 0 Å². The van der Waals surface area contributed by atoms with E-state index in [4.69, 9.17) is 0 Å². The van der Waals surface area contributed by atoms with Gasteiger partial charge >= 0.3 is 0 Å². The highest BCUT2D eigenvalue weighted by Crippen LogP contribution is 2.15. The van der Waals surface area contributed by atoms with Crippen LogP contribution < -0.4 is 10.6 Å². The molecule has 1 aromatic carbocycles. The summed E-state index contributed by atoms with van der Waals surface area (Å²) in [5.74, 6) is 0.101. The average Bonchev–Trinajstić information content (AvgIpc) is 2.53. The fourth-order valence-corrected chi connectivity index (χ4v) is 3.13. The molecule has 9 heteroatoms. The van der Waals surface area contributed by atoms with Gasteiger partial charge in [0.15, 0.2) is 15.8 Å². The Morgan fingerprint density at radius 2 is 1.93 bits per heavy atom. The summed E-state index contributed by atoms with van der Waals surface area (Å²) in [6, 6.07) is 4.60. The molecule has 0 radical (unpaired) electrons. The normalized spacial score (nSPS) is 12.2. The third-order valence-electron chi connectivity index (χ3n) is 3.98. The minimum Gasteiger partial charge on any atom is -0.357 e. The molecule has 0 bridgehead atoms. The monoisotopic (exact) mass is 514 g/mol. The number of likely N-dealkylation sites (N-methyl/N-ethyl adjacent to an activating group) is 1. The smallest absolute Gasteiger partial charge is 0.191 e. The van der Waals surface area contributed by atoms with Crippen LogP contribution in [0.15, 0.2) is 23.2 Å². The summed E-state index contributed by atoms with van der Waals surface area (Å²) in [4.78, 5) is 6.69. The van der Waals surface area contributed by atoms with Crippen molar-refractivity contribution < 1.29 is 12.8 Å². The van der Waals surface area contributed by atoms with E-state index in [2.05, 4.69) is 41.4 Å². The summed E-state index contributed by atoms with van der Waals surface area (Å²) in [7, 11) is -1.14. The van der Waals surface area contributed by atoms with Gasteiger partial charge in [0.2, 0.25) is 0 Å². The first kappa shape index (κ1) is 26.1. The molecule has 156 valence electrons. The highest BCUT2D eigenvalue weighted by Gasteiger charge is 2.11. The molecule has 0 spiro atoms. The number of sulfone groups is 1. The van der Waals surface area contributed by atoms with Crippen LogP contribution in [0.3, 0.4) is 0 Å². The Kier molecular flexibility index (Phi) is 12.1. The fraction of sp³-hybridized carbons (Fsp3) is 0.611. The molecule has 0 aromatic heterocycles. The van der Waals surface area contributed by atoms with Gasteiger partial charge in [-0.25, -0.2) is 17.8 Å². The topological polar surface area (TPSA) is 73.8 Å². The van der Waals surface area contributed by atoms with E-state index in [0.29, 0.717) is 29.7 Å². The molecule has 0 aliphatic carbocycles. The number of guanidine groups is 1. The second-order valence-electron chi connectivity index (χ2n) is 6.68. The maximum absolute atomic E-state index is 13.6. The molecule has 0 atom stereocenters. The second kappa shape index (κ2) is 12.5. The van der Waals surface area contributed by atoms with Gasteiger partial charge in [0.05, 0.1) is 12.3 Å². The quantitative estimate of drug-likeness (QED) is 0.301. The summed E-state index contributed by atoms with van der Waals surface area (Å²) < 4.78 is 36.7. The Morgan fingerprint density at radius 1 is 1.26 bits per heavy atom. The summed E-state index contributed by atoms with van der Waals surface area (Å²) in [6.07, 6.45) is 1.17. The molecule has 1 aromatic rings. The molecule has 27 heavy (non-hydrogen) atoms. The molecular formula is C18H32FIN4O2S. The molecule has 0 unspecified atom stereocenters. The third-order valence-corrected chi connectivity index (χ3v) is 4.81. The fourth-order valence-electron chi connectivity index (χ4n) is 2.28. The molecule has 0 saturated carbocycles. The number of nitrogens with one attached hydrogen (secondary N) is 2. The number of rotatable bonds is 9. The van der Waals surface area contributed by atoms with Crippen molar-refractivity contribution >= 4 is 39.8 Å². The van der Waals surface area contributed by atoms with Gasteiger partial charge in [-0.2, -0.15) is 0 Å². The van der Waals surface area contributed by atoms with E-state index in [1.807, 2.05) is 6.92 Å². The van der Waals surface area contributed by atoms with Gasteiger partial charge < -0.3 is 15.5 Å². The zero-order valence-corrected chi connectivity index (χ0v) is 19.9. The lowest BCUT2D eigenvalue weighted by Gasteiger charge is -2.21. The molecular weight excluding hydrogens is 482 g/mol. The molecule has 6 nitrogen and oxygen atoms in total. The highest BCUT2D eigenvalue weighted by atomic mass is 127. The van der Waals surface area contributed by atoms with Crippen LogP contribution in [0.2, 0.25) is 0 Å². The molecule has 0 aliphatic rings. The van der Waals surface area contributed by atoms with Crippen molar-refractivity contribution in [2.75, 3.05) is 32.9 Å². The van der Waals surface area contributed by atoms with Crippen LogP contribution in [0.1, 0.15) is 31.9 Å². The molecule has 1 rings (SSSR count). The number of hydrogen-bond acceptors (Lipinski definition) is 4. The standard InChI is InChI=1S/C18H31FN4O2S.HI/c1-6-20-18(21-9-10-23(4)14(2)3)22-12-16-11-17(19)8-7-15(16)13-26(5,24)25;/h7-8,11,14H,6,9-10,12-13H2,1-5H3,(H2,20,21,22);1H. The first-order valence-corrected chi connectivity index (χ1v) is 10.9. The Bertz CT molecular complexity index is 711. The van der Waals surface area contributed by atoms with Crippen molar-refractivity contribution in [3.63, 3.8) is 0 Å². The van der Waals surface area contributed by atoms with E-state index in [-0.39, 0.29) is 36.3 Å². The molecule has 0 fully saturated rings. The van der Waals surface area contributed by atoms with E-state index >= 15 is 0 Å². The maximum Gasteiger partial charge on any atom is 0.191 e. The third kappa shape index (κ3) is 10.8. The van der Waals surface area contributed by atoms with Gasteiger partial charge in [-0.1, -0.05) is 6.07 Å². The summed E-state index contributed by atoms with van der Waals surface area (Å²) in [6.45, 7) is 8.72. The van der Waals surface area contributed by atoms with Crippen molar-refractivity contribution in [2.45, 2.75) is 39.1 Å². The number of aliphatic imine (C=N–C) groups is 1.